The molecule has 0 aliphatic carbocycles. The zero-order valence-electron chi connectivity index (χ0n) is 14.2. The number of rotatable bonds is 4. The van der Waals surface area contributed by atoms with Gasteiger partial charge in [-0.1, -0.05) is 30.3 Å². The van der Waals surface area contributed by atoms with Crippen molar-refractivity contribution in [3.63, 3.8) is 0 Å². The van der Waals surface area contributed by atoms with Gasteiger partial charge in [0.2, 0.25) is 10.0 Å². The number of para-hydroxylation sites is 1. The third-order valence-electron chi connectivity index (χ3n) is 4.44. The average Bonchev–Trinajstić information content (AvgIpc) is 2.63. The number of nitrogens with one attached hydrogen (secondary N) is 1. The van der Waals surface area contributed by atoms with Crippen molar-refractivity contribution in [2.45, 2.75) is 17.9 Å². The first-order chi connectivity index (χ1) is 12.0. The lowest BCUT2D eigenvalue weighted by Gasteiger charge is -2.36. The van der Waals surface area contributed by atoms with Crippen LogP contribution in [0.25, 0.3) is 0 Å². The largest absolute Gasteiger partial charge is 0.496 e. The van der Waals surface area contributed by atoms with E-state index in [1.54, 1.807) is 32.2 Å². The maximum absolute atomic E-state index is 14.5. The summed E-state index contributed by atoms with van der Waals surface area (Å²) in [7, 11) is -2.42. The van der Waals surface area contributed by atoms with E-state index in [2.05, 4.69) is 5.32 Å². The number of sulfonamides is 1. The minimum atomic E-state index is -3.97. The molecule has 1 unspecified atom stereocenters. The fourth-order valence-electron chi connectivity index (χ4n) is 3.13. The molecule has 2 aromatic rings. The fourth-order valence-corrected chi connectivity index (χ4v) is 4.87. The van der Waals surface area contributed by atoms with Crippen molar-refractivity contribution in [3.05, 3.63) is 59.4 Å². The average molecular weight is 364 g/mol. The lowest BCUT2D eigenvalue weighted by molar-refractivity contribution is 0.264. The van der Waals surface area contributed by atoms with Gasteiger partial charge in [0, 0.05) is 25.2 Å². The number of ether oxygens (including phenoxy) is 1. The van der Waals surface area contributed by atoms with E-state index in [-0.39, 0.29) is 11.4 Å². The molecule has 0 amide bonds. The monoisotopic (exact) mass is 364 g/mol. The van der Waals surface area contributed by atoms with Crippen molar-refractivity contribution in [3.8, 4) is 5.75 Å². The van der Waals surface area contributed by atoms with Crippen molar-refractivity contribution >= 4 is 10.0 Å². The topological polar surface area (TPSA) is 58.6 Å². The minimum absolute atomic E-state index is 0.262. The Morgan fingerprint density at radius 1 is 1.20 bits per heavy atom. The van der Waals surface area contributed by atoms with Crippen LogP contribution in [0.1, 0.15) is 17.2 Å². The van der Waals surface area contributed by atoms with Gasteiger partial charge in [0.1, 0.15) is 16.5 Å². The highest BCUT2D eigenvalue weighted by Gasteiger charge is 2.37. The second-order valence-corrected chi connectivity index (χ2v) is 7.82. The number of benzene rings is 2. The van der Waals surface area contributed by atoms with E-state index in [0.29, 0.717) is 24.4 Å². The highest BCUT2D eigenvalue weighted by atomic mass is 32.2. The normalized spacial score (nSPS) is 18.9. The molecule has 1 atom stereocenters. The molecule has 25 heavy (non-hydrogen) atoms. The summed E-state index contributed by atoms with van der Waals surface area (Å²) in [6.45, 7) is 2.77. The van der Waals surface area contributed by atoms with E-state index in [0.717, 1.165) is 5.56 Å². The van der Waals surface area contributed by atoms with E-state index in [9.17, 15) is 12.8 Å². The van der Waals surface area contributed by atoms with Crippen LogP contribution in [0, 0.1) is 12.7 Å². The summed E-state index contributed by atoms with van der Waals surface area (Å²) in [4.78, 5) is -0.283. The summed E-state index contributed by atoms with van der Waals surface area (Å²) < 4.78 is 47.5. The summed E-state index contributed by atoms with van der Waals surface area (Å²) in [6, 6.07) is 11.3. The molecular formula is C18H21FN2O3S. The summed E-state index contributed by atoms with van der Waals surface area (Å²) in [5, 5.41) is 3.21. The molecule has 7 heteroatoms. The van der Waals surface area contributed by atoms with E-state index in [1.165, 1.54) is 10.4 Å². The third kappa shape index (κ3) is 3.27. The first-order valence-corrected chi connectivity index (χ1v) is 9.51. The van der Waals surface area contributed by atoms with E-state index in [1.807, 2.05) is 18.2 Å². The molecule has 0 bridgehead atoms. The number of piperazine rings is 1. The Morgan fingerprint density at radius 2 is 1.96 bits per heavy atom. The smallest absolute Gasteiger partial charge is 0.246 e. The lowest BCUT2D eigenvalue weighted by atomic mass is 10.0. The Balaban J connectivity index is 2.08. The number of halogens is 1. The van der Waals surface area contributed by atoms with Crippen LogP contribution in [0.3, 0.4) is 0 Å². The van der Waals surface area contributed by atoms with Crippen LogP contribution in [0.5, 0.6) is 5.75 Å². The molecule has 2 aromatic carbocycles. The molecule has 1 heterocycles. The van der Waals surface area contributed by atoms with Gasteiger partial charge in [0.25, 0.3) is 0 Å². The zero-order chi connectivity index (χ0) is 18.0. The predicted octanol–water partition coefficient (Wildman–Crippen LogP) is 2.48. The molecule has 0 saturated carbocycles. The summed E-state index contributed by atoms with van der Waals surface area (Å²) in [5.41, 5.74) is 1.07. The molecule has 5 nitrogen and oxygen atoms in total. The molecule has 0 spiro atoms. The van der Waals surface area contributed by atoms with Gasteiger partial charge in [-0.3, -0.25) is 0 Å². The lowest BCUT2D eigenvalue weighted by Crippen LogP contribution is -2.48. The van der Waals surface area contributed by atoms with Gasteiger partial charge in [-0.05, 0) is 24.6 Å². The quantitative estimate of drug-likeness (QED) is 0.906. The Morgan fingerprint density at radius 3 is 2.72 bits per heavy atom. The van der Waals surface area contributed by atoms with Crippen molar-refractivity contribution in [2.75, 3.05) is 26.7 Å². The van der Waals surface area contributed by atoms with Crippen LogP contribution < -0.4 is 10.1 Å². The summed E-state index contributed by atoms with van der Waals surface area (Å²) in [5.74, 6) is -0.0825. The van der Waals surface area contributed by atoms with Gasteiger partial charge < -0.3 is 10.1 Å². The van der Waals surface area contributed by atoms with Crippen molar-refractivity contribution < 1.29 is 17.5 Å². The van der Waals surface area contributed by atoms with Crippen LogP contribution in [-0.2, 0) is 10.0 Å². The molecule has 1 N–H and O–H groups in total. The van der Waals surface area contributed by atoms with Crippen molar-refractivity contribution in [2.24, 2.45) is 0 Å². The van der Waals surface area contributed by atoms with E-state index < -0.39 is 21.9 Å². The molecule has 134 valence electrons. The molecule has 1 fully saturated rings. The molecule has 3 rings (SSSR count). The van der Waals surface area contributed by atoms with Gasteiger partial charge in [0.15, 0.2) is 0 Å². The van der Waals surface area contributed by atoms with Gasteiger partial charge in [-0.15, -0.1) is 0 Å². The first-order valence-electron chi connectivity index (χ1n) is 8.07. The third-order valence-corrected chi connectivity index (χ3v) is 6.36. The van der Waals surface area contributed by atoms with Gasteiger partial charge in [-0.25, -0.2) is 12.8 Å². The summed E-state index contributed by atoms with van der Waals surface area (Å²) >= 11 is 0. The molecule has 1 aliphatic rings. The highest BCUT2D eigenvalue weighted by Crippen LogP contribution is 2.34. The second kappa shape index (κ2) is 7.11. The molecule has 0 radical (unpaired) electrons. The Kier molecular flexibility index (Phi) is 5.08. The highest BCUT2D eigenvalue weighted by molar-refractivity contribution is 7.89. The minimum Gasteiger partial charge on any atom is -0.496 e. The Bertz CT molecular complexity index is 870. The van der Waals surface area contributed by atoms with Crippen LogP contribution in [0.4, 0.5) is 4.39 Å². The SMILES string of the molecule is COc1ccccc1C1CNCCN1S(=O)(=O)c1cccc(C)c1F. The summed E-state index contributed by atoms with van der Waals surface area (Å²) in [6.07, 6.45) is 0. The van der Waals surface area contributed by atoms with Gasteiger partial charge in [0.05, 0.1) is 13.2 Å². The van der Waals surface area contributed by atoms with Gasteiger partial charge in [-0.2, -0.15) is 4.31 Å². The number of hydrogen-bond donors (Lipinski definition) is 1. The molecule has 0 aromatic heterocycles. The van der Waals surface area contributed by atoms with Crippen LogP contribution in [0.15, 0.2) is 47.4 Å². The van der Waals surface area contributed by atoms with Crippen molar-refractivity contribution in [1.29, 1.82) is 0 Å². The second-order valence-electron chi connectivity index (χ2n) is 5.96. The number of nitrogens with zero attached hydrogens (tertiary/aromatic N) is 1. The number of hydrogen-bond acceptors (Lipinski definition) is 4. The molecular weight excluding hydrogens is 343 g/mol. The molecule has 1 aliphatic heterocycles. The Hall–Kier alpha value is -1.96. The van der Waals surface area contributed by atoms with Crippen LogP contribution in [-0.4, -0.2) is 39.5 Å². The number of methoxy groups -OCH3 is 1. The standard InChI is InChI=1S/C18H21FN2O3S/c1-13-6-5-9-17(18(13)19)25(22,23)21-11-10-20-12-15(21)14-7-3-4-8-16(14)24-2/h3-9,15,20H,10-12H2,1-2H3. The maximum Gasteiger partial charge on any atom is 0.246 e. The first kappa shape index (κ1) is 17.8. The van der Waals surface area contributed by atoms with E-state index in [4.69, 9.17) is 4.74 Å². The van der Waals surface area contributed by atoms with Gasteiger partial charge >= 0.3 is 0 Å². The zero-order valence-corrected chi connectivity index (χ0v) is 15.0. The van der Waals surface area contributed by atoms with E-state index >= 15 is 0 Å². The number of aryl methyl sites for hydroxylation is 1. The Labute approximate surface area is 147 Å². The predicted molar refractivity (Wildman–Crippen MR) is 93.6 cm³/mol. The maximum atomic E-state index is 14.5. The van der Waals surface area contributed by atoms with Crippen molar-refractivity contribution in [1.82, 2.24) is 9.62 Å². The van der Waals surface area contributed by atoms with Crippen LogP contribution >= 0.6 is 0 Å². The van der Waals surface area contributed by atoms with Crippen LogP contribution in [0.2, 0.25) is 0 Å². The molecule has 1 saturated heterocycles. The fraction of sp³-hybridized carbons (Fsp3) is 0.333.